The van der Waals surface area contributed by atoms with Crippen molar-refractivity contribution < 1.29 is 4.74 Å². The largest absolute Gasteiger partial charge is 0.383 e. The number of anilines is 2. The molecule has 7 nitrogen and oxygen atoms in total. The second kappa shape index (κ2) is 7.59. The molecule has 0 aliphatic carbocycles. The van der Waals surface area contributed by atoms with Gasteiger partial charge >= 0.3 is 0 Å². The van der Waals surface area contributed by atoms with E-state index < -0.39 is 0 Å². The van der Waals surface area contributed by atoms with E-state index in [1.54, 1.807) is 19.5 Å². The van der Waals surface area contributed by atoms with Crippen molar-refractivity contribution in [3.8, 4) is 0 Å². The standard InChI is InChI=1S/C18H21BrN6O/c1-26-12-14-5-3-7-24(14)17-8-16(21-10-13-4-2-6-20-9-13)25-18(23-17)15(19)11-22-25/h2,4,6,8-9,11,14,21H,3,5,7,10,12H2,1H3/t14-/m1/s1. The molecule has 0 bridgehead atoms. The number of nitrogens with zero attached hydrogens (tertiary/aromatic N) is 5. The lowest BCUT2D eigenvalue weighted by molar-refractivity contribution is 0.180. The number of nitrogens with one attached hydrogen (secondary N) is 1. The Morgan fingerprint density at radius 3 is 3.12 bits per heavy atom. The summed E-state index contributed by atoms with van der Waals surface area (Å²) in [6.07, 6.45) is 7.69. The highest BCUT2D eigenvalue weighted by Gasteiger charge is 2.26. The molecule has 0 radical (unpaired) electrons. The van der Waals surface area contributed by atoms with Crippen LogP contribution in [0.25, 0.3) is 5.65 Å². The van der Waals surface area contributed by atoms with Crippen molar-refractivity contribution in [1.82, 2.24) is 19.6 Å². The summed E-state index contributed by atoms with van der Waals surface area (Å²) < 4.78 is 8.10. The van der Waals surface area contributed by atoms with Crippen LogP contribution in [0.15, 0.2) is 41.3 Å². The minimum atomic E-state index is 0.364. The zero-order valence-corrected chi connectivity index (χ0v) is 16.2. The number of methoxy groups -OCH3 is 1. The fraction of sp³-hybridized carbons (Fsp3) is 0.389. The van der Waals surface area contributed by atoms with Gasteiger partial charge in [-0.3, -0.25) is 4.98 Å². The summed E-state index contributed by atoms with van der Waals surface area (Å²) in [7, 11) is 1.75. The third-order valence-electron chi connectivity index (χ3n) is 4.64. The van der Waals surface area contributed by atoms with Crippen molar-refractivity contribution in [2.24, 2.45) is 0 Å². The maximum atomic E-state index is 5.39. The predicted molar refractivity (Wildman–Crippen MR) is 104 cm³/mol. The number of aromatic nitrogens is 4. The molecule has 0 aromatic carbocycles. The maximum absolute atomic E-state index is 5.39. The van der Waals surface area contributed by atoms with Crippen molar-refractivity contribution in [3.05, 3.63) is 46.8 Å². The summed E-state index contributed by atoms with van der Waals surface area (Å²) in [5, 5.41) is 7.91. The van der Waals surface area contributed by atoms with E-state index in [2.05, 4.69) is 42.3 Å². The van der Waals surface area contributed by atoms with Gasteiger partial charge in [-0.1, -0.05) is 6.07 Å². The molecule has 0 saturated carbocycles. The number of halogens is 1. The van der Waals surface area contributed by atoms with Crippen molar-refractivity contribution in [1.29, 1.82) is 0 Å². The van der Waals surface area contributed by atoms with E-state index in [4.69, 9.17) is 9.72 Å². The molecule has 1 aliphatic rings. The van der Waals surface area contributed by atoms with Gasteiger partial charge in [0, 0.05) is 38.7 Å². The highest BCUT2D eigenvalue weighted by Crippen LogP contribution is 2.29. The summed E-state index contributed by atoms with van der Waals surface area (Å²) in [6, 6.07) is 6.42. The van der Waals surface area contributed by atoms with E-state index in [-0.39, 0.29) is 0 Å². The molecule has 3 aromatic rings. The molecule has 0 spiro atoms. The van der Waals surface area contributed by atoms with Gasteiger partial charge in [0.25, 0.3) is 0 Å². The van der Waals surface area contributed by atoms with Crippen molar-refractivity contribution >= 4 is 33.2 Å². The average molecular weight is 417 g/mol. The van der Waals surface area contributed by atoms with Gasteiger partial charge in [-0.05, 0) is 40.4 Å². The zero-order chi connectivity index (χ0) is 17.9. The highest BCUT2D eigenvalue weighted by molar-refractivity contribution is 9.10. The number of hydrogen-bond donors (Lipinski definition) is 1. The molecule has 4 rings (SSSR count). The Morgan fingerprint density at radius 2 is 2.31 bits per heavy atom. The quantitative estimate of drug-likeness (QED) is 0.665. The van der Waals surface area contributed by atoms with Crippen LogP contribution in [0.3, 0.4) is 0 Å². The minimum Gasteiger partial charge on any atom is -0.383 e. The number of fused-ring (bicyclic) bond motifs is 1. The second-order valence-corrected chi connectivity index (χ2v) is 7.24. The monoisotopic (exact) mass is 416 g/mol. The lowest BCUT2D eigenvalue weighted by atomic mass is 10.2. The fourth-order valence-corrected chi connectivity index (χ4v) is 3.74. The Bertz CT molecular complexity index is 884. The first kappa shape index (κ1) is 17.2. The van der Waals surface area contributed by atoms with Crippen LogP contribution in [0.5, 0.6) is 0 Å². The summed E-state index contributed by atoms with van der Waals surface area (Å²) >= 11 is 3.56. The third-order valence-corrected chi connectivity index (χ3v) is 5.20. The number of rotatable bonds is 6. The molecule has 1 saturated heterocycles. The van der Waals surface area contributed by atoms with Crippen LogP contribution >= 0.6 is 15.9 Å². The summed E-state index contributed by atoms with van der Waals surface area (Å²) in [4.78, 5) is 11.3. The van der Waals surface area contributed by atoms with E-state index in [0.717, 1.165) is 46.7 Å². The van der Waals surface area contributed by atoms with Crippen LogP contribution in [0.1, 0.15) is 18.4 Å². The summed E-state index contributed by atoms with van der Waals surface area (Å²) in [5.41, 5.74) is 1.92. The molecular weight excluding hydrogens is 396 g/mol. The van der Waals surface area contributed by atoms with Crippen LogP contribution in [-0.4, -0.2) is 45.9 Å². The van der Waals surface area contributed by atoms with E-state index in [1.807, 2.05) is 22.8 Å². The van der Waals surface area contributed by atoms with Gasteiger partial charge in [0.15, 0.2) is 5.65 Å². The first-order chi connectivity index (χ1) is 12.8. The van der Waals surface area contributed by atoms with Gasteiger partial charge in [0.2, 0.25) is 0 Å². The smallest absolute Gasteiger partial charge is 0.173 e. The molecule has 0 unspecified atom stereocenters. The molecule has 0 amide bonds. The molecule has 26 heavy (non-hydrogen) atoms. The lowest BCUT2D eigenvalue weighted by Crippen LogP contribution is -2.33. The van der Waals surface area contributed by atoms with E-state index in [0.29, 0.717) is 19.2 Å². The van der Waals surface area contributed by atoms with Crippen molar-refractivity contribution in [2.75, 3.05) is 30.5 Å². The zero-order valence-electron chi connectivity index (χ0n) is 14.6. The molecule has 1 fully saturated rings. The predicted octanol–water partition coefficient (Wildman–Crippen LogP) is 3.11. The van der Waals surface area contributed by atoms with Gasteiger partial charge in [-0.2, -0.15) is 9.61 Å². The number of pyridine rings is 1. The SMILES string of the molecule is COC[C@H]1CCCN1c1cc(NCc2cccnc2)n2ncc(Br)c2n1. The molecule has 3 aromatic heterocycles. The number of ether oxygens (including phenoxy) is 1. The Labute approximate surface area is 160 Å². The summed E-state index contributed by atoms with van der Waals surface area (Å²) in [5.74, 6) is 1.86. The van der Waals surface area contributed by atoms with Crippen molar-refractivity contribution in [3.63, 3.8) is 0 Å². The van der Waals surface area contributed by atoms with E-state index in [1.165, 1.54) is 0 Å². The Kier molecular flexibility index (Phi) is 5.03. The second-order valence-electron chi connectivity index (χ2n) is 6.39. The average Bonchev–Trinajstić information content (AvgIpc) is 3.28. The van der Waals surface area contributed by atoms with Crippen LogP contribution in [0.4, 0.5) is 11.6 Å². The van der Waals surface area contributed by atoms with Crippen LogP contribution in [-0.2, 0) is 11.3 Å². The van der Waals surface area contributed by atoms with Crippen molar-refractivity contribution in [2.45, 2.75) is 25.4 Å². The van der Waals surface area contributed by atoms with Gasteiger partial charge in [-0.25, -0.2) is 4.98 Å². The van der Waals surface area contributed by atoms with Gasteiger partial charge in [0.1, 0.15) is 11.6 Å². The van der Waals surface area contributed by atoms with Gasteiger partial charge in [-0.15, -0.1) is 0 Å². The fourth-order valence-electron chi connectivity index (χ4n) is 3.39. The molecule has 8 heteroatoms. The first-order valence-electron chi connectivity index (χ1n) is 8.69. The Hall–Kier alpha value is -2.19. The van der Waals surface area contributed by atoms with E-state index in [9.17, 15) is 0 Å². The lowest BCUT2D eigenvalue weighted by Gasteiger charge is -2.26. The highest BCUT2D eigenvalue weighted by atomic mass is 79.9. The van der Waals surface area contributed by atoms with Crippen LogP contribution in [0.2, 0.25) is 0 Å². The molecule has 1 atom stereocenters. The third kappa shape index (κ3) is 3.39. The normalized spacial score (nSPS) is 17.2. The molecule has 1 N–H and O–H groups in total. The Morgan fingerprint density at radius 1 is 1.38 bits per heavy atom. The van der Waals surface area contributed by atoms with E-state index >= 15 is 0 Å². The first-order valence-corrected chi connectivity index (χ1v) is 9.48. The number of hydrogen-bond acceptors (Lipinski definition) is 6. The molecular formula is C18H21BrN6O. The minimum absolute atomic E-state index is 0.364. The van der Waals surface area contributed by atoms with Gasteiger partial charge in [0.05, 0.1) is 23.3 Å². The topological polar surface area (TPSA) is 67.6 Å². The van der Waals surface area contributed by atoms with Crippen LogP contribution in [0, 0.1) is 0 Å². The molecule has 4 heterocycles. The maximum Gasteiger partial charge on any atom is 0.173 e. The summed E-state index contributed by atoms with van der Waals surface area (Å²) in [6.45, 7) is 2.38. The Balaban J connectivity index is 1.67. The van der Waals surface area contributed by atoms with Crippen LogP contribution < -0.4 is 10.2 Å². The molecule has 1 aliphatic heterocycles. The molecule has 136 valence electrons. The van der Waals surface area contributed by atoms with Gasteiger partial charge < -0.3 is 15.0 Å².